The molecule has 0 aromatic heterocycles. The van der Waals surface area contributed by atoms with Crippen LogP contribution in [-0.4, -0.2) is 25.9 Å². The molecule has 0 fully saturated rings. The van der Waals surface area contributed by atoms with Crippen LogP contribution in [0.25, 0.3) is 0 Å². The molecular weight excluding hydrogens is 149 g/mol. The number of rotatable bonds is 1. The van der Waals surface area contributed by atoms with E-state index in [2.05, 4.69) is 9.73 Å². The van der Waals surface area contributed by atoms with Gasteiger partial charge in [0.1, 0.15) is 0 Å². The minimum atomic E-state index is -4.35. The number of halogens is 3. The summed E-state index contributed by atoms with van der Waals surface area (Å²) < 4.78 is 37.9. The van der Waals surface area contributed by atoms with Gasteiger partial charge in [0.15, 0.2) is 6.61 Å². The average Bonchev–Trinajstić information content (AvgIpc) is 1.81. The van der Waals surface area contributed by atoms with Gasteiger partial charge in [-0.05, 0) is 0 Å². The lowest BCUT2D eigenvalue weighted by molar-refractivity contribution is -0.156. The molecule has 0 rings (SSSR count). The summed E-state index contributed by atoms with van der Waals surface area (Å²) in [7, 11) is 1.24. The first-order chi connectivity index (χ1) is 4.45. The van der Waals surface area contributed by atoms with E-state index in [9.17, 15) is 13.2 Å². The quantitative estimate of drug-likeness (QED) is 0.444. The largest absolute Gasteiger partial charge is 0.456 e. The molecule has 0 heterocycles. The lowest BCUT2D eigenvalue weighted by Crippen LogP contribution is -2.24. The lowest BCUT2D eigenvalue weighted by atomic mass is 10.7. The summed E-state index contributed by atoms with van der Waals surface area (Å²) in [5, 5.41) is 0. The van der Waals surface area contributed by atoms with Crippen LogP contribution in [0.2, 0.25) is 0 Å². The molecule has 0 aliphatic rings. The fourth-order valence-electron chi connectivity index (χ4n) is 0.220. The maximum atomic E-state index is 11.3. The van der Waals surface area contributed by atoms with Crippen molar-refractivity contribution < 1.29 is 17.9 Å². The first-order valence-corrected chi connectivity index (χ1v) is 2.37. The van der Waals surface area contributed by atoms with E-state index in [0.717, 1.165) is 0 Å². The summed E-state index contributed by atoms with van der Waals surface area (Å²) in [6, 6.07) is -0.461. The monoisotopic (exact) mass is 156 g/mol. The Bertz CT molecular complexity index is 131. The molecule has 0 saturated carbocycles. The van der Waals surface area contributed by atoms with E-state index in [0.29, 0.717) is 0 Å². The van der Waals surface area contributed by atoms with Crippen molar-refractivity contribution in [3.05, 3.63) is 0 Å². The van der Waals surface area contributed by atoms with E-state index >= 15 is 0 Å². The molecule has 0 aliphatic heterocycles. The van der Waals surface area contributed by atoms with Crippen LogP contribution in [-0.2, 0) is 4.74 Å². The number of aliphatic imine (C=N–C) groups is 1. The number of amidine groups is 1. The van der Waals surface area contributed by atoms with Crippen molar-refractivity contribution in [2.24, 2.45) is 10.7 Å². The van der Waals surface area contributed by atoms with Gasteiger partial charge < -0.3 is 10.5 Å². The number of ether oxygens (including phenoxy) is 1. The minimum Gasteiger partial charge on any atom is -0.456 e. The van der Waals surface area contributed by atoms with Gasteiger partial charge in [-0.25, -0.2) is 4.99 Å². The van der Waals surface area contributed by atoms with Crippen LogP contribution in [0.4, 0.5) is 13.2 Å². The van der Waals surface area contributed by atoms with E-state index < -0.39 is 18.8 Å². The van der Waals surface area contributed by atoms with Crippen LogP contribution in [0.3, 0.4) is 0 Å². The van der Waals surface area contributed by atoms with E-state index in [1.165, 1.54) is 7.05 Å². The summed E-state index contributed by atoms with van der Waals surface area (Å²) in [4.78, 5) is 3.16. The Kier molecular flexibility index (Phi) is 2.98. The topological polar surface area (TPSA) is 47.6 Å². The molecule has 6 heteroatoms. The van der Waals surface area contributed by atoms with Crippen molar-refractivity contribution in [1.82, 2.24) is 0 Å². The zero-order chi connectivity index (χ0) is 8.20. The molecule has 0 atom stereocenters. The van der Waals surface area contributed by atoms with Crippen LogP contribution in [0.15, 0.2) is 4.99 Å². The third kappa shape index (κ3) is 5.20. The molecule has 0 aliphatic carbocycles. The Hall–Kier alpha value is -0.940. The second-order valence-electron chi connectivity index (χ2n) is 1.47. The normalized spacial score (nSPS) is 13.4. The van der Waals surface area contributed by atoms with Gasteiger partial charge in [-0.15, -0.1) is 0 Å². The fourth-order valence-corrected chi connectivity index (χ4v) is 0.220. The van der Waals surface area contributed by atoms with E-state index in [4.69, 9.17) is 5.73 Å². The fraction of sp³-hybridized carbons (Fsp3) is 0.750. The average molecular weight is 156 g/mol. The van der Waals surface area contributed by atoms with Crippen molar-refractivity contribution in [2.45, 2.75) is 6.18 Å². The molecule has 0 aromatic rings. The Morgan fingerprint density at radius 3 is 2.40 bits per heavy atom. The summed E-state index contributed by atoms with van der Waals surface area (Å²) in [5.74, 6) is 0. The molecule has 0 bridgehead atoms. The molecule has 0 spiro atoms. The van der Waals surface area contributed by atoms with E-state index in [1.807, 2.05) is 0 Å². The lowest BCUT2D eigenvalue weighted by Gasteiger charge is -2.06. The zero-order valence-electron chi connectivity index (χ0n) is 5.27. The van der Waals surface area contributed by atoms with Crippen LogP contribution >= 0.6 is 0 Å². The third-order valence-corrected chi connectivity index (χ3v) is 0.604. The Morgan fingerprint density at radius 2 is 2.10 bits per heavy atom. The minimum absolute atomic E-state index is 0.461. The van der Waals surface area contributed by atoms with E-state index in [-0.39, 0.29) is 0 Å². The van der Waals surface area contributed by atoms with Crippen molar-refractivity contribution in [1.29, 1.82) is 0 Å². The van der Waals surface area contributed by atoms with Crippen LogP contribution in [0.1, 0.15) is 0 Å². The van der Waals surface area contributed by atoms with Gasteiger partial charge in [-0.2, -0.15) is 13.2 Å². The second kappa shape index (κ2) is 3.28. The first-order valence-electron chi connectivity index (χ1n) is 2.37. The smallest absolute Gasteiger partial charge is 0.422 e. The second-order valence-corrected chi connectivity index (χ2v) is 1.47. The van der Waals surface area contributed by atoms with Gasteiger partial charge >= 0.3 is 6.18 Å². The molecule has 10 heavy (non-hydrogen) atoms. The number of alkyl halides is 3. The first kappa shape index (κ1) is 9.06. The highest BCUT2D eigenvalue weighted by atomic mass is 19.4. The predicted molar refractivity (Wildman–Crippen MR) is 29.6 cm³/mol. The van der Waals surface area contributed by atoms with Gasteiger partial charge in [-0.3, -0.25) is 0 Å². The molecule has 2 N–H and O–H groups in total. The van der Waals surface area contributed by atoms with Gasteiger partial charge in [0.2, 0.25) is 0 Å². The molecule has 0 aromatic carbocycles. The molecular formula is C4H7F3N2O. The SMILES string of the molecule is CN=C(N)OCC(F)(F)F. The van der Waals surface area contributed by atoms with Crippen molar-refractivity contribution in [3.63, 3.8) is 0 Å². The maximum absolute atomic E-state index is 11.3. The Labute approximate surface area is 55.7 Å². The molecule has 0 saturated heterocycles. The highest BCUT2D eigenvalue weighted by Crippen LogP contribution is 2.13. The third-order valence-electron chi connectivity index (χ3n) is 0.604. The number of hydrogen-bond acceptors (Lipinski definition) is 2. The van der Waals surface area contributed by atoms with Crippen LogP contribution in [0.5, 0.6) is 0 Å². The van der Waals surface area contributed by atoms with Crippen LogP contribution in [0, 0.1) is 0 Å². The Morgan fingerprint density at radius 1 is 1.60 bits per heavy atom. The van der Waals surface area contributed by atoms with Crippen molar-refractivity contribution in [2.75, 3.05) is 13.7 Å². The molecule has 0 amide bonds. The summed E-state index contributed by atoms with van der Waals surface area (Å²) in [5.41, 5.74) is 4.81. The summed E-state index contributed by atoms with van der Waals surface area (Å²) in [6.07, 6.45) is -4.35. The van der Waals surface area contributed by atoms with Gasteiger partial charge in [-0.1, -0.05) is 0 Å². The van der Waals surface area contributed by atoms with E-state index in [1.54, 1.807) is 0 Å². The summed E-state index contributed by atoms with van der Waals surface area (Å²) >= 11 is 0. The molecule has 3 nitrogen and oxygen atoms in total. The standard InChI is InChI=1S/C4H7F3N2O/c1-9-3(8)10-2-4(5,6)7/h2H2,1H3,(H2,8,9). The molecule has 0 radical (unpaired) electrons. The zero-order valence-corrected chi connectivity index (χ0v) is 5.27. The summed E-state index contributed by atoms with van der Waals surface area (Å²) in [6.45, 7) is -1.39. The number of nitrogens with two attached hydrogens (primary N) is 1. The maximum Gasteiger partial charge on any atom is 0.422 e. The van der Waals surface area contributed by atoms with Gasteiger partial charge in [0.05, 0.1) is 0 Å². The predicted octanol–water partition coefficient (Wildman–Crippen LogP) is 0.510. The van der Waals surface area contributed by atoms with Crippen LogP contribution < -0.4 is 5.73 Å². The highest BCUT2D eigenvalue weighted by molar-refractivity contribution is 5.71. The molecule has 60 valence electrons. The van der Waals surface area contributed by atoms with Crippen molar-refractivity contribution in [3.8, 4) is 0 Å². The highest BCUT2D eigenvalue weighted by Gasteiger charge is 2.28. The Balaban J connectivity index is 3.56. The van der Waals surface area contributed by atoms with Crippen molar-refractivity contribution >= 4 is 6.02 Å². The van der Waals surface area contributed by atoms with Gasteiger partial charge in [0.25, 0.3) is 6.02 Å². The number of hydrogen-bond donors (Lipinski definition) is 1. The van der Waals surface area contributed by atoms with Gasteiger partial charge in [0, 0.05) is 7.05 Å². The molecule has 0 unspecified atom stereocenters. The number of nitrogens with zero attached hydrogens (tertiary/aromatic N) is 1.